The summed E-state index contributed by atoms with van der Waals surface area (Å²) >= 11 is 0. The highest BCUT2D eigenvalue weighted by molar-refractivity contribution is 5.72. The largest absolute Gasteiger partial charge is 0.396 e. The van der Waals surface area contributed by atoms with Crippen LogP contribution in [0, 0.1) is 5.92 Å². The van der Waals surface area contributed by atoms with Crippen LogP contribution < -0.4 is 10.6 Å². The van der Waals surface area contributed by atoms with Gasteiger partial charge in [0.15, 0.2) is 0 Å². The maximum atomic E-state index is 10.8. The number of hydrogen-bond acceptors (Lipinski definition) is 4. The molecule has 1 saturated heterocycles. The van der Waals surface area contributed by atoms with Crippen LogP contribution in [0.3, 0.4) is 0 Å². The Morgan fingerprint density at radius 3 is 2.83 bits per heavy atom. The van der Waals surface area contributed by atoms with Gasteiger partial charge in [-0.05, 0) is 25.3 Å². The van der Waals surface area contributed by atoms with Crippen molar-refractivity contribution in [3.8, 4) is 0 Å². The van der Waals surface area contributed by atoms with E-state index in [0.29, 0.717) is 18.5 Å². The van der Waals surface area contributed by atoms with Gasteiger partial charge in [-0.15, -0.1) is 0 Å². The minimum Gasteiger partial charge on any atom is -0.396 e. The van der Waals surface area contributed by atoms with Crippen LogP contribution in [-0.2, 0) is 4.79 Å². The molecule has 2 atom stereocenters. The van der Waals surface area contributed by atoms with Gasteiger partial charge < -0.3 is 15.7 Å². The highest BCUT2D eigenvalue weighted by Crippen LogP contribution is 2.19. The lowest BCUT2D eigenvalue weighted by molar-refractivity contribution is -0.119. The SMILES string of the molecule is CCNC1CC(CCO)CN(CCNC(C)=O)C1. The zero-order valence-electron chi connectivity index (χ0n) is 11.6. The van der Waals surface area contributed by atoms with E-state index in [4.69, 9.17) is 5.11 Å². The number of carbonyl (C=O) groups excluding carboxylic acids is 1. The predicted molar refractivity (Wildman–Crippen MR) is 72.4 cm³/mol. The van der Waals surface area contributed by atoms with Gasteiger partial charge in [-0.1, -0.05) is 6.92 Å². The number of aliphatic hydroxyl groups excluding tert-OH is 1. The molecule has 0 saturated carbocycles. The molecule has 3 N–H and O–H groups in total. The van der Waals surface area contributed by atoms with Gasteiger partial charge in [-0.25, -0.2) is 0 Å². The molecule has 1 aliphatic heterocycles. The summed E-state index contributed by atoms with van der Waals surface area (Å²) in [6.07, 6.45) is 2.02. The van der Waals surface area contributed by atoms with Crippen molar-refractivity contribution in [2.45, 2.75) is 32.7 Å². The minimum atomic E-state index is 0.0298. The van der Waals surface area contributed by atoms with Crippen LogP contribution in [0.15, 0.2) is 0 Å². The number of amides is 1. The number of nitrogens with one attached hydrogen (secondary N) is 2. The number of likely N-dealkylation sites (tertiary alicyclic amines) is 1. The summed E-state index contributed by atoms with van der Waals surface area (Å²) in [5, 5.41) is 15.4. The van der Waals surface area contributed by atoms with E-state index in [0.717, 1.165) is 39.0 Å². The minimum absolute atomic E-state index is 0.0298. The van der Waals surface area contributed by atoms with E-state index in [9.17, 15) is 4.79 Å². The van der Waals surface area contributed by atoms with E-state index in [1.54, 1.807) is 6.92 Å². The molecule has 1 aliphatic rings. The Balaban J connectivity index is 2.37. The molecule has 1 rings (SSSR count). The van der Waals surface area contributed by atoms with E-state index in [1.807, 2.05) is 0 Å². The lowest BCUT2D eigenvalue weighted by atomic mass is 9.91. The van der Waals surface area contributed by atoms with Gasteiger partial charge >= 0.3 is 0 Å². The first-order chi connectivity index (χ1) is 8.65. The van der Waals surface area contributed by atoms with E-state index in [1.165, 1.54) is 0 Å². The quantitative estimate of drug-likeness (QED) is 0.591. The third-order valence-electron chi connectivity index (χ3n) is 3.44. The first-order valence-corrected chi connectivity index (χ1v) is 6.96. The van der Waals surface area contributed by atoms with Crippen molar-refractivity contribution in [1.82, 2.24) is 15.5 Å². The summed E-state index contributed by atoms with van der Waals surface area (Å²) in [5.74, 6) is 0.590. The van der Waals surface area contributed by atoms with Gasteiger partial charge in [0.25, 0.3) is 0 Å². The van der Waals surface area contributed by atoms with E-state index in [2.05, 4.69) is 22.5 Å². The molecule has 0 aromatic carbocycles. The van der Waals surface area contributed by atoms with Gasteiger partial charge in [-0.3, -0.25) is 9.69 Å². The van der Waals surface area contributed by atoms with Crippen molar-refractivity contribution in [2.24, 2.45) is 5.92 Å². The van der Waals surface area contributed by atoms with E-state index >= 15 is 0 Å². The first kappa shape index (κ1) is 15.4. The van der Waals surface area contributed by atoms with Crippen molar-refractivity contribution in [1.29, 1.82) is 0 Å². The summed E-state index contributed by atoms with van der Waals surface area (Å²) in [4.78, 5) is 13.2. The van der Waals surface area contributed by atoms with Crippen LogP contribution in [0.25, 0.3) is 0 Å². The zero-order valence-corrected chi connectivity index (χ0v) is 11.6. The maximum Gasteiger partial charge on any atom is 0.216 e. The van der Waals surface area contributed by atoms with Crippen LogP contribution >= 0.6 is 0 Å². The molecule has 5 nitrogen and oxygen atoms in total. The van der Waals surface area contributed by atoms with Crippen molar-refractivity contribution >= 4 is 5.91 Å². The Kier molecular flexibility index (Phi) is 7.23. The monoisotopic (exact) mass is 257 g/mol. The number of carbonyl (C=O) groups is 1. The second-order valence-corrected chi connectivity index (χ2v) is 5.11. The maximum absolute atomic E-state index is 10.8. The lowest BCUT2D eigenvalue weighted by Gasteiger charge is -2.38. The van der Waals surface area contributed by atoms with Gasteiger partial charge in [0.05, 0.1) is 0 Å². The number of hydrogen-bond donors (Lipinski definition) is 3. The second kappa shape index (κ2) is 8.45. The molecule has 0 spiro atoms. The van der Waals surface area contributed by atoms with Crippen LogP contribution in [-0.4, -0.2) is 61.3 Å². The molecule has 0 radical (unpaired) electrons. The zero-order chi connectivity index (χ0) is 13.4. The summed E-state index contributed by atoms with van der Waals surface area (Å²) in [6.45, 7) is 8.59. The highest BCUT2D eigenvalue weighted by atomic mass is 16.3. The fourth-order valence-corrected chi connectivity index (χ4v) is 2.70. The van der Waals surface area contributed by atoms with E-state index < -0.39 is 0 Å². The van der Waals surface area contributed by atoms with Crippen LogP contribution in [0.4, 0.5) is 0 Å². The van der Waals surface area contributed by atoms with Gasteiger partial charge in [0.1, 0.15) is 0 Å². The standard InChI is InChI=1S/C13H27N3O2/c1-3-14-13-8-12(4-7-17)9-16(10-13)6-5-15-11(2)18/h12-14,17H,3-10H2,1-2H3,(H,15,18). The van der Waals surface area contributed by atoms with Crippen molar-refractivity contribution in [2.75, 3.05) is 39.3 Å². The van der Waals surface area contributed by atoms with Crippen LogP contribution in [0.2, 0.25) is 0 Å². The Bertz CT molecular complexity index is 234. The molecule has 0 aromatic heterocycles. The topological polar surface area (TPSA) is 64.6 Å². The van der Waals surface area contributed by atoms with Gasteiger partial charge in [0.2, 0.25) is 5.91 Å². The lowest BCUT2D eigenvalue weighted by Crippen LogP contribution is -2.51. The number of piperidine rings is 1. The Morgan fingerprint density at radius 1 is 1.44 bits per heavy atom. The third-order valence-corrected chi connectivity index (χ3v) is 3.44. The average Bonchev–Trinajstić information content (AvgIpc) is 2.29. The fourth-order valence-electron chi connectivity index (χ4n) is 2.70. The highest BCUT2D eigenvalue weighted by Gasteiger charge is 2.25. The molecule has 1 amide bonds. The molecule has 106 valence electrons. The second-order valence-electron chi connectivity index (χ2n) is 5.11. The summed E-state index contributed by atoms with van der Waals surface area (Å²) in [6, 6.07) is 0.512. The Hall–Kier alpha value is -0.650. The third kappa shape index (κ3) is 5.80. The van der Waals surface area contributed by atoms with Crippen molar-refractivity contribution in [3.63, 3.8) is 0 Å². The molecule has 18 heavy (non-hydrogen) atoms. The first-order valence-electron chi connectivity index (χ1n) is 6.96. The number of aliphatic hydroxyl groups is 1. The number of likely N-dealkylation sites (N-methyl/N-ethyl adjacent to an activating group) is 1. The van der Waals surface area contributed by atoms with Crippen molar-refractivity contribution in [3.05, 3.63) is 0 Å². The molecular formula is C13H27N3O2. The van der Waals surface area contributed by atoms with Gasteiger partial charge in [0, 0.05) is 45.8 Å². The molecule has 1 fully saturated rings. The molecule has 0 bridgehead atoms. The Morgan fingerprint density at radius 2 is 2.22 bits per heavy atom. The smallest absolute Gasteiger partial charge is 0.216 e. The number of rotatable bonds is 7. The molecule has 0 aromatic rings. The summed E-state index contributed by atoms with van der Waals surface area (Å²) < 4.78 is 0. The van der Waals surface area contributed by atoms with Crippen molar-refractivity contribution < 1.29 is 9.90 Å². The summed E-state index contributed by atoms with van der Waals surface area (Å²) in [7, 11) is 0. The van der Waals surface area contributed by atoms with Gasteiger partial charge in [-0.2, -0.15) is 0 Å². The summed E-state index contributed by atoms with van der Waals surface area (Å²) in [5.41, 5.74) is 0. The molecular weight excluding hydrogens is 230 g/mol. The molecule has 2 unspecified atom stereocenters. The molecule has 0 aliphatic carbocycles. The normalized spacial score (nSPS) is 25.1. The molecule has 1 heterocycles. The number of nitrogens with zero attached hydrogens (tertiary/aromatic N) is 1. The van der Waals surface area contributed by atoms with E-state index in [-0.39, 0.29) is 12.5 Å². The van der Waals surface area contributed by atoms with Crippen LogP contribution in [0.1, 0.15) is 26.7 Å². The fraction of sp³-hybridized carbons (Fsp3) is 0.923. The predicted octanol–water partition coefficient (Wildman–Crippen LogP) is -0.195. The van der Waals surface area contributed by atoms with Crippen LogP contribution in [0.5, 0.6) is 0 Å². The molecule has 5 heteroatoms. The average molecular weight is 257 g/mol. The Labute approximate surface area is 110 Å².